The van der Waals surface area contributed by atoms with Crippen molar-refractivity contribution < 1.29 is 4.74 Å². The zero-order valence-electron chi connectivity index (χ0n) is 13.0. The molecule has 114 valence electrons. The highest BCUT2D eigenvalue weighted by molar-refractivity contribution is 5.29. The van der Waals surface area contributed by atoms with Gasteiger partial charge in [0.1, 0.15) is 0 Å². The van der Waals surface area contributed by atoms with Gasteiger partial charge in [-0.05, 0) is 32.3 Å². The molecule has 2 rings (SSSR count). The molecule has 5 nitrogen and oxygen atoms in total. The Bertz CT molecular complexity index is 558. The number of benzene rings is 1. The van der Waals surface area contributed by atoms with Crippen LogP contribution in [-0.2, 0) is 13.0 Å². The van der Waals surface area contributed by atoms with Crippen molar-refractivity contribution in [1.29, 1.82) is 0 Å². The van der Waals surface area contributed by atoms with Crippen LogP contribution < -0.4 is 16.0 Å². The third-order valence-electron chi connectivity index (χ3n) is 3.70. The molecule has 1 aromatic carbocycles. The van der Waals surface area contributed by atoms with Crippen LogP contribution in [0.1, 0.15) is 36.2 Å². The van der Waals surface area contributed by atoms with E-state index in [0.29, 0.717) is 0 Å². The smallest absolute Gasteiger partial charge is 0.161 e. The molecular weight excluding hydrogens is 264 g/mol. The summed E-state index contributed by atoms with van der Waals surface area (Å²) in [5.74, 6) is 6.54. The maximum Gasteiger partial charge on any atom is 0.161 e. The van der Waals surface area contributed by atoms with Gasteiger partial charge in [0.15, 0.2) is 5.75 Å². The normalized spacial score (nSPS) is 12.4. The molecule has 3 N–H and O–H groups in total. The summed E-state index contributed by atoms with van der Waals surface area (Å²) in [5, 5.41) is 4.34. The first-order valence-electron chi connectivity index (χ1n) is 7.31. The fourth-order valence-electron chi connectivity index (χ4n) is 2.62. The van der Waals surface area contributed by atoms with Gasteiger partial charge in [-0.3, -0.25) is 16.0 Å². The number of hydrazine groups is 1. The van der Waals surface area contributed by atoms with Crippen molar-refractivity contribution in [1.82, 2.24) is 15.2 Å². The molecule has 1 heterocycles. The van der Waals surface area contributed by atoms with Gasteiger partial charge in [-0.25, -0.2) is 0 Å². The highest BCUT2D eigenvalue weighted by Crippen LogP contribution is 2.27. The lowest BCUT2D eigenvalue weighted by molar-refractivity contribution is 0.386. The van der Waals surface area contributed by atoms with Crippen molar-refractivity contribution in [2.45, 2.75) is 39.3 Å². The first-order chi connectivity index (χ1) is 10.2. The van der Waals surface area contributed by atoms with Crippen molar-refractivity contribution in [3.05, 3.63) is 47.3 Å². The number of methoxy groups -OCH3 is 1. The lowest BCUT2D eigenvalue weighted by Crippen LogP contribution is -2.30. The van der Waals surface area contributed by atoms with E-state index in [1.165, 1.54) is 11.1 Å². The fourth-order valence-corrected chi connectivity index (χ4v) is 2.62. The predicted octanol–water partition coefficient (Wildman–Crippen LogP) is 2.36. The van der Waals surface area contributed by atoms with E-state index in [1.807, 2.05) is 4.68 Å². The Balaban J connectivity index is 2.15. The molecule has 2 aromatic rings. The van der Waals surface area contributed by atoms with Crippen LogP contribution in [-0.4, -0.2) is 16.9 Å². The number of hydrogen-bond donors (Lipinski definition) is 2. The number of aryl methyl sites for hydroxylation is 3. The number of nitrogens with one attached hydrogen (secondary N) is 1. The second kappa shape index (κ2) is 7.24. The van der Waals surface area contributed by atoms with Crippen LogP contribution in [0.2, 0.25) is 0 Å². The van der Waals surface area contributed by atoms with E-state index < -0.39 is 0 Å². The second-order valence-corrected chi connectivity index (χ2v) is 5.16. The molecule has 0 saturated heterocycles. The monoisotopic (exact) mass is 288 g/mol. The molecule has 1 unspecified atom stereocenters. The van der Waals surface area contributed by atoms with Gasteiger partial charge in [0.05, 0.1) is 25.0 Å². The van der Waals surface area contributed by atoms with E-state index in [-0.39, 0.29) is 6.04 Å². The Morgan fingerprint density at radius 3 is 2.86 bits per heavy atom. The number of nitrogens with two attached hydrogens (primary N) is 1. The summed E-state index contributed by atoms with van der Waals surface area (Å²) in [6, 6.07) is 8.57. The summed E-state index contributed by atoms with van der Waals surface area (Å²) < 4.78 is 7.33. The van der Waals surface area contributed by atoms with Gasteiger partial charge in [-0.15, -0.1) is 0 Å². The van der Waals surface area contributed by atoms with Crippen LogP contribution in [0.25, 0.3) is 0 Å². The summed E-state index contributed by atoms with van der Waals surface area (Å²) in [5.41, 5.74) is 6.50. The Morgan fingerprint density at radius 2 is 2.24 bits per heavy atom. The molecule has 21 heavy (non-hydrogen) atoms. The molecule has 0 aliphatic carbocycles. The fraction of sp³-hybridized carbons (Fsp3) is 0.438. The maximum atomic E-state index is 5.76. The lowest BCUT2D eigenvalue weighted by atomic mass is 10.0. The van der Waals surface area contributed by atoms with E-state index in [1.54, 1.807) is 13.3 Å². The van der Waals surface area contributed by atoms with Gasteiger partial charge in [0.25, 0.3) is 0 Å². The average molecular weight is 288 g/mol. The first kappa shape index (κ1) is 15.5. The van der Waals surface area contributed by atoms with Gasteiger partial charge in [-0.1, -0.05) is 29.8 Å². The number of rotatable bonds is 7. The molecule has 5 heteroatoms. The van der Waals surface area contributed by atoms with Crippen LogP contribution in [0.4, 0.5) is 0 Å². The topological polar surface area (TPSA) is 65.1 Å². The summed E-state index contributed by atoms with van der Waals surface area (Å²) in [4.78, 5) is 0. The summed E-state index contributed by atoms with van der Waals surface area (Å²) in [7, 11) is 1.66. The molecule has 0 fully saturated rings. The van der Waals surface area contributed by atoms with E-state index >= 15 is 0 Å². The molecule has 0 spiro atoms. The van der Waals surface area contributed by atoms with Crippen LogP contribution >= 0.6 is 0 Å². The Labute approximate surface area is 126 Å². The Hall–Kier alpha value is -1.85. The quantitative estimate of drug-likeness (QED) is 0.606. The third-order valence-corrected chi connectivity index (χ3v) is 3.70. The van der Waals surface area contributed by atoms with Gasteiger partial charge < -0.3 is 4.74 Å². The Kier molecular flexibility index (Phi) is 5.36. The first-order valence-corrected chi connectivity index (χ1v) is 7.31. The molecule has 1 aromatic heterocycles. The van der Waals surface area contributed by atoms with Crippen LogP contribution in [0.15, 0.2) is 30.5 Å². The molecule has 0 saturated carbocycles. The highest BCUT2D eigenvalue weighted by atomic mass is 16.5. The van der Waals surface area contributed by atoms with Gasteiger partial charge >= 0.3 is 0 Å². The zero-order chi connectivity index (χ0) is 15.2. The van der Waals surface area contributed by atoms with Crippen LogP contribution in [0, 0.1) is 6.92 Å². The minimum Gasteiger partial charge on any atom is -0.493 e. The molecule has 0 radical (unpaired) electrons. The number of ether oxygens (including phenoxy) is 1. The minimum atomic E-state index is 0.0166. The molecule has 0 amide bonds. The van der Waals surface area contributed by atoms with Crippen molar-refractivity contribution in [3.63, 3.8) is 0 Å². The van der Waals surface area contributed by atoms with Crippen molar-refractivity contribution in [2.24, 2.45) is 5.84 Å². The van der Waals surface area contributed by atoms with E-state index in [9.17, 15) is 0 Å². The van der Waals surface area contributed by atoms with Crippen LogP contribution in [0.5, 0.6) is 5.75 Å². The Morgan fingerprint density at radius 1 is 1.43 bits per heavy atom. The van der Waals surface area contributed by atoms with Crippen molar-refractivity contribution in [3.8, 4) is 5.75 Å². The van der Waals surface area contributed by atoms with Crippen LogP contribution in [0.3, 0.4) is 0 Å². The summed E-state index contributed by atoms with van der Waals surface area (Å²) >= 11 is 0. The molecular formula is C16H24N4O. The minimum absolute atomic E-state index is 0.0166. The van der Waals surface area contributed by atoms with E-state index in [0.717, 1.165) is 30.8 Å². The molecule has 0 bridgehead atoms. The largest absolute Gasteiger partial charge is 0.493 e. The standard InChI is InChI=1S/C16H24N4O/c1-4-20-16(15(21-3)11-18-20)14(19-17)9-8-13-7-5-6-12(2)10-13/h5-7,10-11,14,19H,4,8-9,17H2,1-3H3. The average Bonchev–Trinajstić information content (AvgIpc) is 2.91. The zero-order valence-corrected chi connectivity index (χ0v) is 13.0. The number of aromatic nitrogens is 2. The summed E-state index contributed by atoms with van der Waals surface area (Å²) in [6.45, 7) is 4.96. The number of nitrogens with zero attached hydrogens (tertiary/aromatic N) is 2. The molecule has 0 aliphatic rings. The maximum absolute atomic E-state index is 5.76. The lowest BCUT2D eigenvalue weighted by Gasteiger charge is -2.18. The summed E-state index contributed by atoms with van der Waals surface area (Å²) in [6.07, 6.45) is 3.59. The van der Waals surface area contributed by atoms with Gasteiger partial charge in [-0.2, -0.15) is 5.10 Å². The number of hydrogen-bond acceptors (Lipinski definition) is 4. The van der Waals surface area contributed by atoms with E-state index in [4.69, 9.17) is 10.6 Å². The van der Waals surface area contributed by atoms with Crippen molar-refractivity contribution in [2.75, 3.05) is 7.11 Å². The van der Waals surface area contributed by atoms with Gasteiger partial charge in [0, 0.05) is 6.54 Å². The predicted molar refractivity (Wildman–Crippen MR) is 84.0 cm³/mol. The second-order valence-electron chi connectivity index (χ2n) is 5.16. The third kappa shape index (κ3) is 3.62. The molecule has 0 aliphatic heterocycles. The van der Waals surface area contributed by atoms with Gasteiger partial charge in [0.2, 0.25) is 0 Å². The highest BCUT2D eigenvalue weighted by Gasteiger charge is 2.20. The molecule has 1 atom stereocenters. The van der Waals surface area contributed by atoms with E-state index in [2.05, 4.69) is 48.6 Å². The van der Waals surface area contributed by atoms with Crippen molar-refractivity contribution >= 4 is 0 Å². The SMILES string of the molecule is CCn1ncc(OC)c1C(CCc1cccc(C)c1)NN.